The van der Waals surface area contributed by atoms with Gasteiger partial charge in [0.1, 0.15) is 5.69 Å². The van der Waals surface area contributed by atoms with E-state index in [-0.39, 0.29) is 24.3 Å². The molecule has 152 valence electrons. The number of sulfone groups is 2. The summed E-state index contributed by atoms with van der Waals surface area (Å²) in [5.74, 6) is -0.946. The van der Waals surface area contributed by atoms with Crippen molar-refractivity contribution < 1.29 is 26.4 Å². The van der Waals surface area contributed by atoms with Crippen LogP contribution in [0.25, 0.3) is 0 Å². The molecule has 1 heterocycles. The number of ether oxygens (including phenoxy) is 1. The van der Waals surface area contributed by atoms with E-state index in [0.717, 1.165) is 0 Å². The lowest BCUT2D eigenvalue weighted by molar-refractivity contribution is 0.0588. The van der Waals surface area contributed by atoms with Crippen molar-refractivity contribution >= 4 is 25.6 Å². The molecule has 0 fully saturated rings. The number of hydrogen-bond donors (Lipinski definition) is 0. The van der Waals surface area contributed by atoms with Gasteiger partial charge in [0.05, 0.1) is 17.8 Å². The van der Waals surface area contributed by atoms with Crippen LogP contribution < -0.4 is 0 Å². The molecule has 7 nitrogen and oxygen atoms in total. The predicted octanol–water partition coefficient (Wildman–Crippen LogP) is 2.46. The Morgan fingerprint density at radius 3 is 2.43 bits per heavy atom. The number of carbonyl (C=O) groups is 1. The van der Waals surface area contributed by atoms with Crippen LogP contribution in [0, 0.1) is 0 Å². The number of aryl methyl sites for hydroxylation is 1. The summed E-state index contributed by atoms with van der Waals surface area (Å²) < 4.78 is 55.9. The maximum atomic E-state index is 13.0. The average Bonchev–Trinajstić information content (AvgIpc) is 3.13. The Morgan fingerprint density at radius 2 is 1.82 bits per heavy atom. The first kappa shape index (κ1) is 21.9. The Balaban J connectivity index is 2.26. The summed E-state index contributed by atoms with van der Waals surface area (Å²) in [5, 5.41) is 0. The number of esters is 1. The minimum atomic E-state index is -4.09. The fourth-order valence-electron chi connectivity index (χ4n) is 2.89. The van der Waals surface area contributed by atoms with Crippen LogP contribution in [0.4, 0.5) is 0 Å². The summed E-state index contributed by atoms with van der Waals surface area (Å²) >= 11 is 0. The van der Waals surface area contributed by atoms with Gasteiger partial charge in [0.2, 0.25) is 0 Å². The average molecular weight is 426 g/mol. The van der Waals surface area contributed by atoms with Gasteiger partial charge in [-0.2, -0.15) is 0 Å². The van der Waals surface area contributed by atoms with Crippen LogP contribution in [-0.4, -0.2) is 44.8 Å². The number of carbonyl (C=O) groups excluding carboxylic acids is 1. The third-order valence-corrected chi connectivity index (χ3v) is 9.47. The molecule has 1 aromatic heterocycles. The highest BCUT2D eigenvalue weighted by Crippen LogP contribution is 2.25. The molecule has 0 spiro atoms. The van der Waals surface area contributed by atoms with Crippen LogP contribution >= 0.6 is 0 Å². The molecule has 1 unspecified atom stereocenters. The lowest BCUT2D eigenvalue weighted by Crippen LogP contribution is -2.32. The molecule has 28 heavy (non-hydrogen) atoms. The van der Waals surface area contributed by atoms with Gasteiger partial charge in [-0.05, 0) is 37.1 Å². The Labute approximate surface area is 165 Å². The van der Waals surface area contributed by atoms with Crippen molar-refractivity contribution in [2.45, 2.75) is 28.9 Å². The van der Waals surface area contributed by atoms with Crippen LogP contribution in [0.5, 0.6) is 0 Å². The number of aromatic nitrogens is 1. The second-order valence-corrected chi connectivity index (χ2v) is 10.8. The monoisotopic (exact) mass is 425 g/mol. The molecule has 9 heteroatoms. The lowest BCUT2D eigenvalue weighted by atomic mass is 10.3. The molecule has 1 aromatic carbocycles. The summed E-state index contributed by atoms with van der Waals surface area (Å²) in [4.78, 5) is 11.7. The number of nitrogens with zero attached hydrogens (tertiary/aromatic N) is 1. The summed E-state index contributed by atoms with van der Waals surface area (Å²) in [6.45, 7) is 3.69. The third-order valence-electron chi connectivity index (χ3n) is 4.23. The molecule has 0 radical (unpaired) electrons. The van der Waals surface area contributed by atoms with E-state index in [1.807, 2.05) is 0 Å². The van der Waals surface area contributed by atoms with Crippen LogP contribution in [0.2, 0.25) is 0 Å². The first-order valence-electron chi connectivity index (χ1n) is 8.59. The maximum absolute atomic E-state index is 13.0. The summed E-state index contributed by atoms with van der Waals surface area (Å²) in [5.41, 5.74) is 0.318. The third kappa shape index (κ3) is 4.90. The highest BCUT2D eigenvalue weighted by Gasteiger charge is 2.37. The molecule has 0 aliphatic rings. The molecular formula is C19H23NO6S2. The fraction of sp³-hybridized carbons (Fsp3) is 0.316. The SMILES string of the molecule is C=CCS(=O)(=O)C(CCCn1cccc1C(=O)OC)S(=O)(=O)c1ccccc1. The van der Waals surface area contributed by atoms with Gasteiger partial charge in [-0.3, -0.25) is 0 Å². The zero-order chi connectivity index (χ0) is 20.8. The van der Waals surface area contributed by atoms with Gasteiger partial charge < -0.3 is 9.30 Å². The number of benzene rings is 1. The van der Waals surface area contributed by atoms with Gasteiger partial charge in [-0.25, -0.2) is 21.6 Å². The van der Waals surface area contributed by atoms with Crippen molar-refractivity contribution in [1.29, 1.82) is 0 Å². The summed E-state index contributed by atoms with van der Waals surface area (Å²) in [6, 6.07) is 10.8. The van der Waals surface area contributed by atoms with Crippen LogP contribution in [0.3, 0.4) is 0 Å². The first-order valence-corrected chi connectivity index (χ1v) is 11.8. The molecule has 0 amide bonds. The zero-order valence-corrected chi connectivity index (χ0v) is 17.2. The quantitative estimate of drug-likeness (QED) is 0.428. The molecule has 2 rings (SSSR count). The summed E-state index contributed by atoms with van der Waals surface area (Å²) in [6.07, 6.45) is 2.98. The molecule has 2 aromatic rings. The van der Waals surface area contributed by atoms with E-state index in [2.05, 4.69) is 6.58 Å². The number of methoxy groups -OCH3 is 1. The van der Waals surface area contributed by atoms with Crippen molar-refractivity contribution in [1.82, 2.24) is 4.57 Å². The normalized spacial score (nSPS) is 13.0. The topological polar surface area (TPSA) is 99.5 Å². The minimum Gasteiger partial charge on any atom is -0.464 e. The standard InChI is InChI=1S/C19H23NO6S2/c1-3-15-27(22,23)18(28(24,25)16-9-5-4-6-10-16)12-8-14-20-13-7-11-17(20)19(21)26-2/h3-7,9-11,13,18H,1,8,12,14-15H2,2H3. The molecule has 0 aliphatic carbocycles. The Hall–Kier alpha value is -2.39. The van der Waals surface area contributed by atoms with Crippen molar-refractivity contribution in [2.75, 3.05) is 12.9 Å². The summed E-state index contributed by atoms with van der Waals surface area (Å²) in [7, 11) is -6.78. The van der Waals surface area contributed by atoms with Gasteiger partial charge in [0, 0.05) is 12.7 Å². The van der Waals surface area contributed by atoms with Crippen LogP contribution in [-0.2, 0) is 31.0 Å². The lowest BCUT2D eigenvalue weighted by Gasteiger charge is -2.18. The fourth-order valence-corrected chi connectivity index (χ4v) is 7.39. The molecule has 0 saturated carbocycles. The number of hydrogen-bond acceptors (Lipinski definition) is 6. The van der Waals surface area contributed by atoms with Gasteiger partial charge in [-0.1, -0.05) is 24.3 Å². The van der Waals surface area contributed by atoms with E-state index in [1.54, 1.807) is 41.1 Å². The Bertz CT molecular complexity index is 1020. The van der Waals surface area contributed by atoms with E-state index in [0.29, 0.717) is 5.69 Å². The van der Waals surface area contributed by atoms with Crippen LogP contribution in [0.15, 0.2) is 66.2 Å². The van der Waals surface area contributed by atoms with Crippen molar-refractivity contribution in [3.63, 3.8) is 0 Å². The Kier molecular flexibility index (Phi) is 7.20. The number of rotatable bonds is 10. The molecule has 1 atom stereocenters. The molecule has 0 bridgehead atoms. The molecule has 0 aliphatic heterocycles. The smallest absolute Gasteiger partial charge is 0.354 e. The second kappa shape index (κ2) is 9.20. The zero-order valence-electron chi connectivity index (χ0n) is 15.5. The van der Waals surface area contributed by atoms with E-state index < -0.39 is 36.0 Å². The van der Waals surface area contributed by atoms with Crippen molar-refractivity contribution in [3.05, 3.63) is 67.0 Å². The van der Waals surface area contributed by atoms with Gasteiger partial charge in [0.15, 0.2) is 24.3 Å². The minimum absolute atomic E-state index is 0.0381. The van der Waals surface area contributed by atoms with E-state index in [9.17, 15) is 21.6 Å². The van der Waals surface area contributed by atoms with Crippen molar-refractivity contribution in [3.8, 4) is 0 Å². The van der Waals surface area contributed by atoms with Crippen molar-refractivity contribution in [2.24, 2.45) is 0 Å². The van der Waals surface area contributed by atoms with Gasteiger partial charge >= 0.3 is 5.97 Å². The van der Waals surface area contributed by atoms with E-state index >= 15 is 0 Å². The largest absolute Gasteiger partial charge is 0.464 e. The Morgan fingerprint density at radius 1 is 1.14 bits per heavy atom. The molecule has 0 N–H and O–H groups in total. The van der Waals surface area contributed by atoms with Gasteiger partial charge in [-0.15, -0.1) is 6.58 Å². The predicted molar refractivity (Wildman–Crippen MR) is 106 cm³/mol. The maximum Gasteiger partial charge on any atom is 0.354 e. The second-order valence-electron chi connectivity index (χ2n) is 6.13. The highest BCUT2D eigenvalue weighted by atomic mass is 32.3. The first-order chi connectivity index (χ1) is 13.2. The van der Waals surface area contributed by atoms with Crippen LogP contribution in [0.1, 0.15) is 23.3 Å². The van der Waals surface area contributed by atoms with Gasteiger partial charge in [0.25, 0.3) is 0 Å². The van der Waals surface area contributed by atoms with E-state index in [1.165, 1.54) is 25.3 Å². The molecule has 0 saturated heterocycles. The molecular weight excluding hydrogens is 402 g/mol. The van der Waals surface area contributed by atoms with E-state index in [4.69, 9.17) is 4.74 Å². The highest BCUT2D eigenvalue weighted by molar-refractivity contribution is 8.09.